The van der Waals surface area contributed by atoms with Crippen molar-refractivity contribution in [3.05, 3.63) is 265 Å². The average Bonchev–Trinajstić information content (AvgIpc) is 1.72. The molecule has 127 heavy (non-hydrogen) atoms. The van der Waals surface area contributed by atoms with Gasteiger partial charge in [-0.25, -0.2) is 9.83 Å². The Morgan fingerprint density at radius 1 is 0.504 bits per heavy atom. The van der Waals surface area contributed by atoms with Crippen LogP contribution in [0.5, 0.6) is 23.5 Å². The molecular formula is C98H117N24O5+. The Kier molecular flexibility index (Phi) is 39.6. The van der Waals surface area contributed by atoms with Gasteiger partial charge in [-0.15, -0.1) is 0 Å². The topological polar surface area (TPSA) is 349 Å². The van der Waals surface area contributed by atoms with Crippen LogP contribution in [0.2, 0.25) is 0 Å². The van der Waals surface area contributed by atoms with Crippen LogP contribution in [0, 0.1) is 51.9 Å². The SMILES string of the molecule is C.C.C.C.C.COc1cc2cccnc2c(N)n1.COc1cc2cccnc2c(N2CCN(Cc3ccccc3)CC2)n1.COc1cc2cccnc2c(N2CCNCC2)n1.N#CCc1ccc[n+](O)c1.N#CCc1cccnc1.N#CCc1cccnc1C#N.[C-]#[N+]c1ccc2c(c1)c(C1CCC(N3CCN(c4nc(OC)cc5cccnc45)CC3)CC1)cn2C. The summed E-state index contributed by atoms with van der Waals surface area (Å²) in [5.74, 6) is 6.19. The fourth-order valence-corrected chi connectivity index (χ4v) is 15.1. The number of anilines is 4. The number of hydrogen-bond acceptors (Lipinski definition) is 26. The van der Waals surface area contributed by atoms with Crippen molar-refractivity contribution in [2.24, 2.45) is 7.05 Å². The second-order valence-electron chi connectivity index (χ2n) is 28.9. The minimum Gasteiger partial charge on any atom is -0.481 e. The van der Waals surface area contributed by atoms with Crippen LogP contribution in [-0.4, -0.2) is 182 Å². The number of benzene rings is 2. The summed E-state index contributed by atoms with van der Waals surface area (Å²) in [6.07, 6.45) is 23.3. The first-order valence-corrected chi connectivity index (χ1v) is 40.2. The summed E-state index contributed by atoms with van der Waals surface area (Å²) in [5, 5.41) is 51.0. The summed E-state index contributed by atoms with van der Waals surface area (Å²) < 4.78 is 24.3. The molecule has 4 N–H and O–H groups in total. The van der Waals surface area contributed by atoms with Gasteiger partial charge >= 0.3 is 0 Å². The van der Waals surface area contributed by atoms with Gasteiger partial charge in [0.15, 0.2) is 29.0 Å². The molecular weight excluding hydrogens is 1590 g/mol. The third kappa shape index (κ3) is 26.9. The molecule has 18 rings (SSSR count). The number of piperazine rings is 3. The van der Waals surface area contributed by atoms with E-state index in [0.717, 1.165) is 162 Å². The molecule has 0 bridgehead atoms. The number of aryl methyl sites for hydroxylation is 1. The summed E-state index contributed by atoms with van der Waals surface area (Å²) >= 11 is 0. The normalized spacial score (nSPS) is 14.3. The monoisotopic (exact) mass is 1710 g/mol. The van der Waals surface area contributed by atoms with E-state index in [4.69, 9.17) is 62.5 Å². The highest BCUT2D eigenvalue weighted by Gasteiger charge is 2.32. The van der Waals surface area contributed by atoms with Crippen LogP contribution in [-0.2, 0) is 32.9 Å². The number of nitrogens with one attached hydrogen (secondary N) is 1. The number of methoxy groups -OCH3 is 4. The summed E-state index contributed by atoms with van der Waals surface area (Å²) in [7, 11) is 8.65. The van der Waals surface area contributed by atoms with Crippen molar-refractivity contribution in [3.8, 4) is 47.8 Å². The Morgan fingerprint density at radius 3 is 1.46 bits per heavy atom. The minimum atomic E-state index is 0. The quantitative estimate of drug-likeness (QED) is 0.0517. The van der Waals surface area contributed by atoms with Crippen molar-refractivity contribution in [2.75, 3.05) is 127 Å². The van der Waals surface area contributed by atoms with Gasteiger partial charge in [0.05, 0.1) is 72.5 Å². The molecule has 4 fully saturated rings. The number of fused-ring (bicyclic) bond motifs is 5. The maximum absolute atomic E-state index is 8.85. The molecule has 3 aliphatic heterocycles. The standard InChI is InChI=1S/C29H32N6O.C20H22N4O.C13H16N4O.C9H9N3O.C8H5N3.C7H7N2O.C7H6N2.5CH4/c1-30-22-8-11-26-24(18-22)25(19-33(26)2)20-6-9-23(10-7-20)34-13-15-35(16-14-34)29-28-21(5-4-12-31-28)17-27(32-29)36-3;1-25-18-14-17-8-5-9-21-19(17)20(22-18)24-12-10-23(11-13-24)15-16-6-3-2-4-7-16;1-18-11-9-10-3-2-4-15-12(10)13(16-11)17-7-5-14-6-8-17;1-13-7-5-6-3-2-4-11-8(6)9(10)12-7;9-4-3-7-2-1-5-11-8(7)6-10;8-4-3-7-2-1-5-9(10)6-7;8-4-3-7-2-1-5-9-6-7;;;;;/h4-5,8,11-12,17-20,23H,6-7,9-10,13-16H2,2-3H3;2-9,14H,10-13,15H2,1H3;2-4,9,14H,5-8H2,1H3;2-5H,1H3,(H2,10,12);1-2,5H,3H2;1-2,5-6,10H,3H2;1-2,5-6H,3H2;5*1H4/q;;;;;+1;;;;;;. The third-order valence-electron chi connectivity index (χ3n) is 21.2. The summed E-state index contributed by atoms with van der Waals surface area (Å²) in [4.78, 5) is 59.2. The van der Waals surface area contributed by atoms with Crippen molar-refractivity contribution in [1.82, 2.24) is 69.5 Å². The number of hydrogen-bond donors (Lipinski definition) is 3. The number of nitrogens with two attached hydrogens (primary N) is 1. The van der Waals surface area contributed by atoms with Crippen LogP contribution in [0.4, 0.5) is 29.0 Å². The van der Waals surface area contributed by atoms with Gasteiger partial charge in [0.25, 0.3) is 0 Å². The number of nitrogen functional groups attached to an aromatic ring is 1. The van der Waals surface area contributed by atoms with Gasteiger partial charge in [0.2, 0.25) is 35.9 Å². The zero-order chi connectivity index (χ0) is 85.4. The molecule has 14 aromatic rings. The zero-order valence-corrected chi connectivity index (χ0v) is 69.1. The fraction of sp³-hybridized carbons (Fsp3) is 0.327. The van der Waals surface area contributed by atoms with Gasteiger partial charge in [0.1, 0.15) is 33.8 Å². The first kappa shape index (κ1) is 99.3. The van der Waals surface area contributed by atoms with E-state index >= 15 is 0 Å². The van der Waals surface area contributed by atoms with E-state index in [1.807, 2.05) is 116 Å². The molecule has 0 radical (unpaired) electrons. The lowest BCUT2D eigenvalue weighted by atomic mass is 9.81. The van der Waals surface area contributed by atoms with Crippen molar-refractivity contribution in [3.63, 3.8) is 0 Å². The Balaban J connectivity index is 0.000000214. The van der Waals surface area contributed by atoms with E-state index in [2.05, 4.69) is 152 Å². The van der Waals surface area contributed by atoms with Gasteiger partial charge in [-0.1, -0.05) is 110 Å². The van der Waals surface area contributed by atoms with Crippen molar-refractivity contribution < 1.29 is 28.9 Å². The van der Waals surface area contributed by atoms with Gasteiger partial charge in [-0.2, -0.15) is 41.0 Å². The second kappa shape index (κ2) is 50.7. The molecule has 1 aliphatic carbocycles. The molecule has 0 atom stereocenters. The average molecular weight is 1710 g/mol. The maximum Gasteiger partial charge on any atom is 0.226 e. The van der Waals surface area contributed by atoms with Gasteiger partial charge in [0, 0.05) is 221 Å². The number of pyridine rings is 11. The van der Waals surface area contributed by atoms with Gasteiger partial charge in [-0.05, 0) is 108 Å². The molecule has 0 spiro atoms. The highest BCUT2D eigenvalue weighted by molar-refractivity contribution is 5.92. The molecule has 12 aromatic heterocycles. The predicted octanol–water partition coefficient (Wildman–Crippen LogP) is 16.4. The molecule has 29 heteroatoms. The van der Waals surface area contributed by atoms with Gasteiger partial charge < -0.3 is 49.3 Å². The van der Waals surface area contributed by atoms with E-state index in [1.165, 1.54) is 60.1 Å². The Morgan fingerprint density at radius 2 is 0.969 bits per heavy atom. The third-order valence-corrected chi connectivity index (χ3v) is 21.2. The largest absolute Gasteiger partial charge is 0.481 e. The molecule has 15 heterocycles. The van der Waals surface area contributed by atoms with Crippen LogP contribution in [0.15, 0.2) is 220 Å². The van der Waals surface area contributed by atoms with Gasteiger partial charge in [-0.3, -0.25) is 39.9 Å². The van der Waals surface area contributed by atoms with Crippen LogP contribution in [0.25, 0.3) is 59.4 Å². The van der Waals surface area contributed by atoms with Crippen molar-refractivity contribution >= 4 is 83.5 Å². The Bertz CT molecular complexity index is 6000. The molecule has 29 nitrogen and oxygen atoms in total. The molecule has 1 saturated carbocycles. The number of ether oxygens (including phenoxy) is 4. The molecule has 2 aromatic carbocycles. The van der Waals surface area contributed by atoms with Crippen LogP contribution in [0.1, 0.15) is 102 Å². The van der Waals surface area contributed by atoms with E-state index < -0.39 is 0 Å². The lowest BCUT2D eigenvalue weighted by Crippen LogP contribution is -2.51. The predicted molar refractivity (Wildman–Crippen MR) is 504 cm³/mol. The van der Waals surface area contributed by atoms with E-state index in [-0.39, 0.29) is 43.6 Å². The summed E-state index contributed by atoms with van der Waals surface area (Å²) in [6, 6.07) is 59.3. The maximum atomic E-state index is 8.85. The van der Waals surface area contributed by atoms with Crippen LogP contribution >= 0.6 is 0 Å². The van der Waals surface area contributed by atoms with Crippen LogP contribution in [0.3, 0.4) is 0 Å². The number of rotatable bonds is 14. The highest BCUT2D eigenvalue weighted by Crippen LogP contribution is 2.41. The van der Waals surface area contributed by atoms with E-state index in [9.17, 15) is 0 Å². The number of nitriles is 4. The lowest BCUT2D eigenvalue weighted by molar-refractivity contribution is -0.905. The van der Waals surface area contributed by atoms with Crippen molar-refractivity contribution in [1.29, 1.82) is 21.0 Å². The Hall–Kier alpha value is -14.8. The van der Waals surface area contributed by atoms with Crippen molar-refractivity contribution in [2.45, 2.75) is 101 Å². The smallest absolute Gasteiger partial charge is 0.226 e. The molecule has 658 valence electrons. The minimum absolute atomic E-state index is 0. The molecule has 0 amide bonds. The number of aromatic nitrogens is 12. The summed E-state index contributed by atoms with van der Waals surface area (Å²) in [6.45, 7) is 20.2. The zero-order valence-electron chi connectivity index (χ0n) is 69.1. The summed E-state index contributed by atoms with van der Waals surface area (Å²) in [5.41, 5.74) is 16.8. The number of nitrogens with zero attached hydrogens (tertiary/aromatic N) is 22. The second-order valence-corrected chi connectivity index (χ2v) is 28.9. The van der Waals surface area contributed by atoms with E-state index in [1.54, 1.807) is 83.6 Å². The lowest BCUT2D eigenvalue weighted by Gasteiger charge is -2.42. The highest BCUT2D eigenvalue weighted by atomic mass is 16.5. The first-order valence-electron chi connectivity index (χ1n) is 40.2. The molecule has 3 saturated heterocycles. The first-order chi connectivity index (χ1) is 59.8. The fourth-order valence-electron chi connectivity index (χ4n) is 15.1. The molecule has 4 aliphatic rings. The molecule has 0 unspecified atom stereocenters. The Labute approximate surface area is 746 Å². The van der Waals surface area contributed by atoms with E-state index in [0.29, 0.717) is 70.9 Å². The van der Waals surface area contributed by atoms with Crippen LogP contribution < -0.4 is 49.4 Å².